The molecule has 7 nitrogen and oxygen atoms in total. The van der Waals surface area contributed by atoms with Gasteiger partial charge in [-0.1, -0.05) is 29.8 Å². The lowest BCUT2D eigenvalue weighted by Gasteiger charge is -2.35. The minimum absolute atomic E-state index is 0.130. The molecule has 8 heteroatoms. The highest BCUT2D eigenvalue weighted by atomic mass is 32.2. The third-order valence-electron chi connectivity index (χ3n) is 5.75. The van der Waals surface area contributed by atoms with Gasteiger partial charge >= 0.3 is 0 Å². The number of benzene rings is 1. The molecule has 0 spiro atoms. The van der Waals surface area contributed by atoms with Gasteiger partial charge in [-0.2, -0.15) is 4.31 Å². The maximum Gasteiger partial charge on any atom is 0.245 e. The van der Waals surface area contributed by atoms with Crippen LogP contribution in [0.25, 0.3) is 0 Å². The number of nitrogens with zero attached hydrogens (tertiary/aromatic N) is 4. The van der Waals surface area contributed by atoms with E-state index in [2.05, 4.69) is 9.88 Å². The molecule has 0 saturated carbocycles. The highest BCUT2D eigenvalue weighted by Crippen LogP contribution is 2.23. The zero-order valence-corrected chi connectivity index (χ0v) is 20.5. The van der Waals surface area contributed by atoms with Gasteiger partial charge in [0, 0.05) is 44.5 Å². The van der Waals surface area contributed by atoms with Crippen LogP contribution in [0.3, 0.4) is 0 Å². The molecule has 1 aromatic heterocycles. The Bertz CT molecular complexity index is 1000. The van der Waals surface area contributed by atoms with Crippen LogP contribution in [-0.4, -0.2) is 66.8 Å². The molecule has 2 aromatic rings. The van der Waals surface area contributed by atoms with E-state index in [-0.39, 0.29) is 22.9 Å². The number of sulfonamides is 1. The number of piperazine rings is 1. The zero-order valence-electron chi connectivity index (χ0n) is 19.7. The summed E-state index contributed by atoms with van der Waals surface area (Å²) in [5.74, 6) is 0.862. The topological polar surface area (TPSA) is 73.8 Å². The summed E-state index contributed by atoms with van der Waals surface area (Å²) >= 11 is 0. The number of pyridine rings is 1. The second-order valence-electron chi connectivity index (χ2n) is 8.90. The average Bonchev–Trinajstić information content (AvgIpc) is 2.75. The minimum atomic E-state index is -3.60. The summed E-state index contributed by atoms with van der Waals surface area (Å²) < 4.78 is 27.5. The van der Waals surface area contributed by atoms with Gasteiger partial charge in [-0.3, -0.25) is 4.79 Å². The molecule has 0 N–H and O–H groups in total. The normalized spacial score (nSPS) is 15.1. The number of hydrogen-bond donors (Lipinski definition) is 0. The summed E-state index contributed by atoms with van der Waals surface area (Å²) in [6.45, 7) is 12.1. The average molecular weight is 459 g/mol. The molecule has 0 atom stereocenters. The molecule has 1 aliphatic rings. The monoisotopic (exact) mass is 458 g/mol. The Labute approximate surface area is 192 Å². The number of carbonyl (C=O) groups is 1. The van der Waals surface area contributed by atoms with Crippen molar-refractivity contribution in [3.8, 4) is 0 Å². The summed E-state index contributed by atoms with van der Waals surface area (Å²) in [5.41, 5.74) is 2.21. The largest absolute Gasteiger partial charge is 0.353 e. The first kappa shape index (κ1) is 24.2. The number of anilines is 1. The Balaban J connectivity index is 1.61. The Morgan fingerprint density at radius 1 is 0.969 bits per heavy atom. The van der Waals surface area contributed by atoms with Crippen LogP contribution in [0.1, 0.15) is 38.8 Å². The highest BCUT2D eigenvalue weighted by Gasteiger charge is 2.30. The number of carbonyl (C=O) groups excluding carboxylic acids is 1. The maximum atomic E-state index is 13.0. The van der Waals surface area contributed by atoms with Crippen molar-refractivity contribution in [3.63, 3.8) is 0 Å². The van der Waals surface area contributed by atoms with Gasteiger partial charge in [-0.15, -0.1) is 0 Å². The Morgan fingerprint density at radius 3 is 2.06 bits per heavy atom. The van der Waals surface area contributed by atoms with Gasteiger partial charge in [-0.25, -0.2) is 13.4 Å². The lowest BCUT2D eigenvalue weighted by atomic mass is 10.1. The van der Waals surface area contributed by atoms with E-state index in [1.165, 1.54) is 16.1 Å². The number of amides is 1. The lowest BCUT2D eigenvalue weighted by molar-refractivity contribution is -0.130. The van der Waals surface area contributed by atoms with Crippen molar-refractivity contribution in [2.45, 2.75) is 58.0 Å². The van der Waals surface area contributed by atoms with Crippen LogP contribution < -0.4 is 4.90 Å². The maximum absolute atomic E-state index is 13.0. The zero-order chi connectivity index (χ0) is 23.5. The van der Waals surface area contributed by atoms with Crippen molar-refractivity contribution in [1.29, 1.82) is 0 Å². The van der Waals surface area contributed by atoms with Crippen LogP contribution in [0.5, 0.6) is 0 Å². The van der Waals surface area contributed by atoms with Crippen molar-refractivity contribution < 1.29 is 13.2 Å². The van der Waals surface area contributed by atoms with Crippen LogP contribution >= 0.6 is 0 Å². The molecule has 1 aromatic carbocycles. The van der Waals surface area contributed by atoms with Crippen LogP contribution in [0.2, 0.25) is 0 Å². The molecule has 174 valence electrons. The number of aryl methyl sites for hydroxylation is 1. The van der Waals surface area contributed by atoms with Crippen molar-refractivity contribution >= 4 is 21.7 Å². The third kappa shape index (κ3) is 5.48. The van der Waals surface area contributed by atoms with Gasteiger partial charge in [0.1, 0.15) is 10.7 Å². The van der Waals surface area contributed by atoms with Crippen molar-refractivity contribution in [3.05, 3.63) is 53.7 Å². The van der Waals surface area contributed by atoms with Gasteiger partial charge in [0.15, 0.2) is 0 Å². The molecule has 0 radical (unpaired) electrons. The predicted molar refractivity (Wildman–Crippen MR) is 127 cm³/mol. The molecule has 1 fully saturated rings. The van der Waals surface area contributed by atoms with E-state index in [1.54, 1.807) is 12.1 Å². The highest BCUT2D eigenvalue weighted by molar-refractivity contribution is 7.89. The molecular formula is C24H34N4O3S. The summed E-state index contributed by atoms with van der Waals surface area (Å²) in [7, 11) is -3.60. The van der Waals surface area contributed by atoms with Gasteiger partial charge in [0.05, 0.1) is 6.42 Å². The molecule has 1 amide bonds. The summed E-state index contributed by atoms with van der Waals surface area (Å²) in [6.07, 6.45) is 1.85. The van der Waals surface area contributed by atoms with E-state index in [4.69, 9.17) is 0 Å². The number of aromatic nitrogens is 1. The second-order valence-corrected chi connectivity index (χ2v) is 10.7. The molecule has 0 unspecified atom stereocenters. The summed E-state index contributed by atoms with van der Waals surface area (Å²) in [5, 5.41) is 0. The molecule has 3 rings (SSSR count). The molecule has 1 aliphatic heterocycles. The first-order chi connectivity index (χ1) is 15.1. The fourth-order valence-corrected chi connectivity index (χ4v) is 5.94. The molecule has 1 saturated heterocycles. The molecular weight excluding hydrogens is 424 g/mol. The lowest BCUT2D eigenvalue weighted by Crippen LogP contribution is -2.49. The van der Waals surface area contributed by atoms with Gasteiger partial charge in [0.2, 0.25) is 15.9 Å². The van der Waals surface area contributed by atoms with E-state index in [1.807, 2.05) is 63.8 Å². The fourth-order valence-electron chi connectivity index (χ4n) is 4.16. The van der Waals surface area contributed by atoms with Crippen LogP contribution in [0.4, 0.5) is 5.82 Å². The number of rotatable bonds is 7. The third-order valence-corrected chi connectivity index (χ3v) is 7.98. The summed E-state index contributed by atoms with van der Waals surface area (Å²) in [4.78, 5) is 21.3. The van der Waals surface area contributed by atoms with E-state index in [0.717, 1.165) is 11.4 Å². The second kappa shape index (κ2) is 10.0. The molecule has 0 bridgehead atoms. The molecule has 2 heterocycles. The predicted octanol–water partition coefficient (Wildman–Crippen LogP) is 3.09. The Morgan fingerprint density at radius 2 is 1.56 bits per heavy atom. The first-order valence-corrected chi connectivity index (χ1v) is 12.6. The van der Waals surface area contributed by atoms with Crippen LogP contribution in [-0.2, 0) is 21.2 Å². The van der Waals surface area contributed by atoms with Crippen molar-refractivity contribution in [2.75, 3.05) is 31.1 Å². The Kier molecular flexibility index (Phi) is 7.56. The van der Waals surface area contributed by atoms with Crippen molar-refractivity contribution in [2.24, 2.45) is 0 Å². The smallest absolute Gasteiger partial charge is 0.245 e. The van der Waals surface area contributed by atoms with Gasteiger partial charge in [-0.05, 0) is 52.3 Å². The molecule has 0 aliphatic carbocycles. The number of hydrogen-bond acceptors (Lipinski definition) is 5. The Hall–Kier alpha value is -2.45. The van der Waals surface area contributed by atoms with Gasteiger partial charge < -0.3 is 9.80 Å². The van der Waals surface area contributed by atoms with Crippen molar-refractivity contribution in [1.82, 2.24) is 14.2 Å². The minimum Gasteiger partial charge on any atom is -0.353 e. The summed E-state index contributed by atoms with van der Waals surface area (Å²) in [6, 6.07) is 11.2. The van der Waals surface area contributed by atoms with Crippen LogP contribution in [0.15, 0.2) is 47.5 Å². The van der Waals surface area contributed by atoms with Crippen LogP contribution in [0, 0.1) is 6.92 Å². The SMILES string of the molecule is Cc1ccc(CC(=O)N2CCN(c3ccc(S(=O)(=O)N(C(C)C)C(C)C)cn3)CC2)cc1. The van der Waals surface area contributed by atoms with E-state index in [0.29, 0.717) is 32.6 Å². The van der Waals surface area contributed by atoms with E-state index >= 15 is 0 Å². The molecule has 32 heavy (non-hydrogen) atoms. The quantitative estimate of drug-likeness (QED) is 0.638. The standard InChI is InChI=1S/C24H34N4O3S/c1-18(2)28(19(3)4)32(30,31)22-10-11-23(25-17-22)26-12-14-27(15-13-26)24(29)16-21-8-6-20(5)7-9-21/h6-11,17-19H,12-16H2,1-5H3. The van der Waals surface area contributed by atoms with E-state index < -0.39 is 10.0 Å². The first-order valence-electron chi connectivity index (χ1n) is 11.2. The van der Waals surface area contributed by atoms with Gasteiger partial charge in [0.25, 0.3) is 0 Å². The fraction of sp³-hybridized carbons (Fsp3) is 0.500. The van der Waals surface area contributed by atoms with E-state index in [9.17, 15) is 13.2 Å².